The summed E-state index contributed by atoms with van der Waals surface area (Å²) in [5, 5.41) is 0. The molecule has 0 saturated heterocycles. The molecule has 3 aliphatic rings. The van der Waals surface area contributed by atoms with Gasteiger partial charge in [0.1, 0.15) is 0 Å². The number of carbonyl (C=O) groups is 2. The van der Waals surface area contributed by atoms with Crippen molar-refractivity contribution in [3.05, 3.63) is 141 Å². The molecular weight excluding hydrogens is 568 g/mol. The van der Waals surface area contributed by atoms with Crippen LogP contribution in [0.3, 0.4) is 0 Å². The van der Waals surface area contributed by atoms with Gasteiger partial charge >= 0.3 is 11.9 Å². The second kappa shape index (κ2) is 14.5. The van der Waals surface area contributed by atoms with Crippen LogP contribution in [0.1, 0.15) is 131 Å². The van der Waals surface area contributed by atoms with E-state index in [2.05, 4.69) is 51.1 Å². The molecule has 46 heavy (non-hydrogen) atoms. The minimum absolute atomic E-state index is 0.224. The predicted molar refractivity (Wildman–Crippen MR) is 184 cm³/mol. The molecule has 0 spiro atoms. The van der Waals surface area contributed by atoms with Gasteiger partial charge in [-0.1, -0.05) is 107 Å². The molecule has 0 saturated carbocycles. The highest BCUT2D eigenvalue weighted by Crippen LogP contribution is 2.58. The van der Waals surface area contributed by atoms with Gasteiger partial charge < -0.3 is 9.47 Å². The minimum atomic E-state index is -0.659. The monoisotopic (exact) mass is 614 g/mol. The lowest BCUT2D eigenvalue weighted by Gasteiger charge is -2.51. The molecular formula is C42H46O4. The number of aryl methyl sites for hydroxylation is 3. The van der Waals surface area contributed by atoms with Crippen LogP contribution in [0, 0.1) is 0 Å². The van der Waals surface area contributed by atoms with Crippen molar-refractivity contribution in [2.45, 2.75) is 103 Å². The third-order valence-corrected chi connectivity index (χ3v) is 9.85. The van der Waals surface area contributed by atoms with Crippen molar-refractivity contribution in [3.8, 4) is 0 Å². The van der Waals surface area contributed by atoms with Crippen LogP contribution in [0.4, 0.5) is 0 Å². The number of carbonyl (C=O) groups excluding carboxylic acids is 2. The lowest BCUT2D eigenvalue weighted by atomic mass is 9.57. The Morgan fingerprint density at radius 3 is 1.41 bits per heavy atom. The van der Waals surface area contributed by atoms with Gasteiger partial charge in [-0.25, -0.2) is 9.59 Å². The van der Waals surface area contributed by atoms with Gasteiger partial charge in [0.05, 0.1) is 23.0 Å². The molecule has 0 fully saturated rings. The van der Waals surface area contributed by atoms with Gasteiger partial charge in [0, 0.05) is 0 Å². The number of hydrogen-bond donors (Lipinski definition) is 0. The van der Waals surface area contributed by atoms with Crippen LogP contribution >= 0.6 is 0 Å². The minimum Gasteiger partial charge on any atom is -0.454 e. The van der Waals surface area contributed by atoms with Crippen LogP contribution < -0.4 is 0 Å². The molecule has 7 rings (SSSR count). The highest BCUT2D eigenvalue weighted by molar-refractivity contribution is 5.91. The quantitative estimate of drug-likeness (QED) is 0.141. The first-order valence-electron chi connectivity index (χ1n) is 17.4. The summed E-state index contributed by atoms with van der Waals surface area (Å²) in [5.74, 6) is -1.23. The van der Waals surface area contributed by atoms with Crippen LogP contribution in [0.2, 0.25) is 0 Å². The van der Waals surface area contributed by atoms with Gasteiger partial charge in [-0.2, -0.15) is 0 Å². The lowest BCUT2D eigenvalue weighted by Crippen LogP contribution is -2.52. The number of hydrogen-bond acceptors (Lipinski definition) is 4. The second-order valence-corrected chi connectivity index (χ2v) is 12.9. The van der Waals surface area contributed by atoms with Gasteiger partial charge in [-0.3, -0.25) is 0 Å². The maximum absolute atomic E-state index is 13.9. The van der Waals surface area contributed by atoms with Gasteiger partial charge in [0.25, 0.3) is 0 Å². The topological polar surface area (TPSA) is 52.6 Å². The highest BCUT2D eigenvalue weighted by atomic mass is 16.6. The Hall–Kier alpha value is -4.18. The SMILES string of the molecule is CCCCc1cccc2c1[C@H]1c3c(CCCC)ccc(CCCC)c3[C@H]2C(OC(=O)c2ccccc2)C1OC(=O)c1ccccc1. The number of esters is 2. The van der Waals surface area contributed by atoms with Crippen LogP contribution in [-0.4, -0.2) is 24.1 Å². The number of unbranched alkanes of at least 4 members (excludes halogenated alkanes) is 3. The van der Waals surface area contributed by atoms with E-state index in [-0.39, 0.29) is 23.8 Å². The van der Waals surface area contributed by atoms with Crippen LogP contribution in [0.25, 0.3) is 0 Å². The van der Waals surface area contributed by atoms with Crippen LogP contribution in [0.5, 0.6) is 0 Å². The Balaban J connectivity index is 1.58. The van der Waals surface area contributed by atoms with E-state index < -0.39 is 12.2 Å². The summed E-state index contributed by atoms with van der Waals surface area (Å²) in [5.41, 5.74) is 10.1. The summed E-state index contributed by atoms with van der Waals surface area (Å²) in [6, 6.07) is 29.7. The van der Waals surface area contributed by atoms with E-state index in [1.54, 1.807) is 24.3 Å². The molecule has 4 aromatic carbocycles. The number of rotatable bonds is 13. The Kier molecular flexibility index (Phi) is 10.0. The van der Waals surface area contributed by atoms with E-state index >= 15 is 0 Å². The van der Waals surface area contributed by atoms with E-state index in [0.29, 0.717) is 11.1 Å². The fourth-order valence-electron chi connectivity index (χ4n) is 7.65. The molecule has 4 atom stereocenters. The van der Waals surface area contributed by atoms with Crippen molar-refractivity contribution in [2.75, 3.05) is 0 Å². The first-order valence-corrected chi connectivity index (χ1v) is 17.4. The Bertz CT molecular complexity index is 1660. The maximum atomic E-state index is 13.9. The molecule has 4 heteroatoms. The maximum Gasteiger partial charge on any atom is 0.338 e. The Labute approximate surface area is 274 Å². The summed E-state index contributed by atoms with van der Waals surface area (Å²) < 4.78 is 13.2. The Morgan fingerprint density at radius 1 is 0.500 bits per heavy atom. The summed E-state index contributed by atoms with van der Waals surface area (Å²) in [7, 11) is 0. The van der Waals surface area contributed by atoms with Crippen molar-refractivity contribution in [1.82, 2.24) is 0 Å². The van der Waals surface area contributed by atoms with Crippen molar-refractivity contribution < 1.29 is 19.1 Å². The highest BCUT2D eigenvalue weighted by Gasteiger charge is 2.55. The van der Waals surface area contributed by atoms with Crippen molar-refractivity contribution in [3.63, 3.8) is 0 Å². The zero-order valence-electron chi connectivity index (χ0n) is 27.5. The predicted octanol–water partition coefficient (Wildman–Crippen LogP) is 9.76. The molecule has 0 amide bonds. The fraction of sp³-hybridized carbons (Fsp3) is 0.381. The molecule has 2 bridgehead atoms. The molecule has 2 unspecified atom stereocenters. The average molecular weight is 615 g/mol. The van der Waals surface area contributed by atoms with E-state index in [9.17, 15) is 9.59 Å². The molecule has 0 aromatic heterocycles. The average Bonchev–Trinajstić information content (AvgIpc) is 3.10. The van der Waals surface area contributed by atoms with Crippen molar-refractivity contribution in [1.29, 1.82) is 0 Å². The molecule has 0 heterocycles. The molecule has 4 nitrogen and oxygen atoms in total. The normalized spacial score (nSPS) is 19.3. The molecule has 0 aliphatic heterocycles. The standard InChI is InChI=1S/C42H46O4/c1-4-7-17-28-24-16-25-33-34(28)38-36-30(19-9-6-3)27-26-29(18-8-5-2)35(36)37(33)39(45-41(43)31-20-12-10-13-21-31)40(38)46-42(44)32-22-14-11-15-23-32/h10-16,20-27,37-40H,4-9,17-19H2,1-3H3/t37-,38-,39?,40?/m0/s1. The second-order valence-electron chi connectivity index (χ2n) is 12.9. The first-order chi connectivity index (χ1) is 22.6. The third kappa shape index (κ3) is 6.15. The number of fused-ring (bicyclic) bond motifs is 1. The molecule has 238 valence electrons. The number of ether oxygens (including phenoxy) is 2. The molecule has 3 aliphatic carbocycles. The first kappa shape index (κ1) is 31.8. The van der Waals surface area contributed by atoms with Gasteiger partial charge in [-0.15, -0.1) is 0 Å². The van der Waals surface area contributed by atoms with Crippen LogP contribution in [0.15, 0.2) is 91.0 Å². The smallest absolute Gasteiger partial charge is 0.338 e. The van der Waals surface area contributed by atoms with E-state index in [1.165, 1.54) is 38.9 Å². The van der Waals surface area contributed by atoms with E-state index in [4.69, 9.17) is 9.47 Å². The largest absolute Gasteiger partial charge is 0.454 e. The van der Waals surface area contributed by atoms with Crippen molar-refractivity contribution in [2.24, 2.45) is 0 Å². The Morgan fingerprint density at radius 2 is 0.935 bits per heavy atom. The van der Waals surface area contributed by atoms with E-state index in [1.807, 2.05) is 36.4 Å². The zero-order chi connectivity index (χ0) is 32.0. The molecule has 4 aromatic rings. The summed E-state index contributed by atoms with van der Waals surface area (Å²) >= 11 is 0. The lowest BCUT2D eigenvalue weighted by molar-refractivity contribution is -0.0561. The number of benzene rings is 4. The van der Waals surface area contributed by atoms with Crippen LogP contribution in [-0.2, 0) is 28.7 Å². The zero-order valence-corrected chi connectivity index (χ0v) is 27.5. The molecule has 0 radical (unpaired) electrons. The van der Waals surface area contributed by atoms with E-state index in [0.717, 1.165) is 57.8 Å². The van der Waals surface area contributed by atoms with Gasteiger partial charge in [0.2, 0.25) is 0 Å². The fourth-order valence-corrected chi connectivity index (χ4v) is 7.65. The summed E-state index contributed by atoms with van der Waals surface area (Å²) in [4.78, 5) is 27.7. The van der Waals surface area contributed by atoms with Gasteiger partial charge in [-0.05, 0) is 102 Å². The third-order valence-electron chi connectivity index (χ3n) is 9.85. The summed E-state index contributed by atoms with van der Waals surface area (Å²) in [6.45, 7) is 6.69. The summed E-state index contributed by atoms with van der Waals surface area (Å²) in [6.07, 6.45) is 8.14. The van der Waals surface area contributed by atoms with Crippen molar-refractivity contribution >= 4 is 11.9 Å². The van der Waals surface area contributed by atoms with Gasteiger partial charge in [0.15, 0.2) is 12.2 Å². The molecule has 0 N–H and O–H groups in total.